The van der Waals surface area contributed by atoms with Crippen molar-refractivity contribution in [3.8, 4) is 11.3 Å². The lowest BCUT2D eigenvalue weighted by Crippen LogP contribution is -2.40. The molecule has 1 aliphatic rings. The van der Waals surface area contributed by atoms with E-state index in [2.05, 4.69) is 5.32 Å². The second-order valence-corrected chi connectivity index (χ2v) is 11.4. The van der Waals surface area contributed by atoms with E-state index in [0.717, 1.165) is 16.7 Å². The normalized spacial score (nSPS) is 14.8. The van der Waals surface area contributed by atoms with Crippen LogP contribution in [0.4, 0.5) is 5.69 Å². The van der Waals surface area contributed by atoms with Crippen molar-refractivity contribution in [1.29, 1.82) is 0 Å². The summed E-state index contributed by atoms with van der Waals surface area (Å²) in [5.74, 6) is -0.427. The Bertz CT molecular complexity index is 2100. The number of thiazole rings is 1. The monoisotopic (exact) mass is 589 g/mol. The molecule has 8 nitrogen and oxygen atoms in total. The number of amides is 1. The van der Waals surface area contributed by atoms with Crippen LogP contribution in [0.1, 0.15) is 45.8 Å². The summed E-state index contributed by atoms with van der Waals surface area (Å²) in [7, 11) is 0. The summed E-state index contributed by atoms with van der Waals surface area (Å²) in [6.07, 6.45) is 1.65. The minimum absolute atomic E-state index is 0.158. The zero-order chi connectivity index (χ0) is 30.2. The SMILES string of the molecule is CC1=C(C(=O)Nc2ccccc2)[C@@H](c2ccc(C)cc2)n2c(s/c(=C\c3ccc(-c4cc(C(=O)O)ccc4C)o3)c2=O)=N1. The Hall–Kier alpha value is -5.28. The van der Waals surface area contributed by atoms with E-state index in [-0.39, 0.29) is 17.0 Å². The maximum Gasteiger partial charge on any atom is 0.335 e. The highest BCUT2D eigenvalue weighted by Gasteiger charge is 2.32. The molecule has 0 radical (unpaired) electrons. The number of aromatic nitrogens is 1. The Morgan fingerprint density at radius 3 is 2.44 bits per heavy atom. The minimum Gasteiger partial charge on any atom is -0.478 e. The van der Waals surface area contributed by atoms with E-state index in [1.165, 1.54) is 11.3 Å². The van der Waals surface area contributed by atoms with E-state index in [9.17, 15) is 19.5 Å². The fourth-order valence-corrected chi connectivity index (χ4v) is 6.15. The van der Waals surface area contributed by atoms with Crippen LogP contribution in [0.5, 0.6) is 0 Å². The van der Waals surface area contributed by atoms with Crippen molar-refractivity contribution >= 4 is 35.0 Å². The van der Waals surface area contributed by atoms with Crippen LogP contribution in [-0.2, 0) is 4.79 Å². The fraction of sp³-hybridized carbons (Fsp3) is 0.118. The first-order chi connectivity index (χ1) is 20.7. The highest BCUT2D eigenvalue weighted by Crippen LogP contribution is 2.31. The van der Waals surface area contributed by atoms with Crippen LogP contribution in [0.3, 0.4) is 0 Å². The molecular formula is C34H27N3O5S. The number of hydrogen-bond donors (Lipinski definition) is 2. The van der Waals surface area contributed by atoms with Crippen molar-refractivity contribution < 1.29 is 19.1 Å². The van der Waals surface area contributed by atoms with Crippen LogP contribution < -0.4 is 20.2 Å². The van der Waals surface area contributed by atoms with Gasteiger partial charge in [0.25, 0.3) is 11.5 Å². The van der Waals surface area contributed by atoms with Crippen molar-refractivity contribution in [1.82, 2.24) is 4.57 Å². The lowest BCUT2D eigenvalue weighted by atomic mass is 9.94. The number of hydrogen-bond acceptors (Lipinski definition) is 6. The number of carbonyl (C=O) groups is 2. The van der Waals surface area contributed by atoms with Gasteiger partial charge in [0.05, 0.1) is 27.4 Å². The molecule has 0 aliphatic carbocycles. The average molecular weight is 590 g/mol. The van der Waals surface area contributed by atoms with Gasteiger partial charge in [0.1, 0.15) is 11.5 Å². The molecule has 0 fully saturated rings. The van der Waals surface area contributed by atoms with Crippen LogP contribution >= 0.6 is 11.3 Å². The number of carbonyl (C=O) groups excluding carboxylic acids is 1. The second kappa shape index (κ2) is 11.2. The molecule has 0 saturated heterocycles. The van der Waals surface area contributed by atoms with E-state index in [1.807, 2.05) is 56.3 Å². The van der Waals surface area contributed by atoms with Gasteiger partial charge in [-0.05, 0) is 68.3 Å². The van der Waals surface area contributed by atoms with E-state index in [4.69, 9.17) is 9.41 Å². The summed E-state index contributed by atoms with van der Waals surface area (Å²) in [6.45, 7) is 5.64. The molecule has 214 valence electrons. The molecule has 1 amide bonds. The molecule has 9 heteroatoms. The number of aryl methyl sites for hydroxylation is 2. The number of nitrogens with zero attached hydrogens (tertiary/aromatic N) is 2. The lowest BCUT2D eigenvalue weighted by molar-refractivity contribution is -0.113. The van der Waals surface area contributed by atoms with Crippen molar-refractivity contribution in [3.05, 3.63) is 144 Å². The number of allylic oxidation sites excluding steroid dienone is 1. The molecule has 0 unspecified atom stereocenters. The first-order valence-corrected chi connectivity index (χ1v) is 14.4. The summed E-state index contributed by atoms with van der Waals surface area (Å²) in [5, 5.41) is 12.4. The quantitative estimate of drug-likeness (QED) is 0.274. The predicted molar refractivity (Wildman–Crippen MR) is 166 cm³/mol. The van der Waals surface area contributed by atoms with Crippen LogP contribution in [-0.4, -0.2) is 21.6 Å². The van der Waals surface area contributed by atoms with Gasteiger partial charge in [0, 0.05) is 17.3 Å². The number of rotatable bonds is 6. The summed E-state index contributed by atoms with van der Waals surface area (Å²) < 4.78 is 8.01. The maximum absolute atomic E-state index is 14.0. The number of anilines is 1. The van der Waals surface area contributed by atoms with E-state index in [0.29, 0.717) is 43.4 Å². The fourth-order valence-electron chi connectivity index (χ4n) is 5.12. The Kier molecular flexibility index (Phi) is 7.25. The van der Waals surface area contributed by atoms with Gasteiger partial charge in [-0.25, -0.2) is 9.79 Å². The summed E-state index contributed by atoms with van der Waals surface area (Å²) in [4.78, 5) is 44.3. The number of nitrogens with one attached hydrogen (secondary N) is 1. The Balaban J connectivity index is 1.44. The molecule has 3 aromatic carbocycles. The van der Waals surface area contributed by atoms with Crippen molar-refractivity contribution in [2.24, 2.45) is 4.99 Å². The molecular weight excluding hydrogens is 562 g/mol. The zero-order valence-corrected chi connectivity index (χ0v) is 24.4. The third kappa shape index (κ3) is 5.38. The van der Waals surface area contributed by atoms with Crippen molar-refractivity contribution in [2.45, 2.75) is 26.8 Å². The Labute approximate surface area is 250 Å². The first-order valence-electron chi connectivity index (χ1n) is 13.6. The smallest absolute Gasteiger partial charge is 0.335 e. The van der Waals surface area contributed by atoms with Gasteiger partial charge in [-0.2, -0.15) is 0 Å². The van der Waals surface area contributed by atoms with E-state index < -0.39 is 12.0 Å². The van der Waals surface area contributed by atoms with Crippen molar-refractivity contribution in [2.75, 3.05) is 5.32 Å². The maximum atomic E-state index is 14.0. The van der Waals surface area contributed by atoms with Gasteiger partial charge in [-0.1, -0.05) is 65.4 Å². The highest BCUT2D eigenvalue weighted by molar-refractivity contribution is 7.07. The van der Waals surface area contributed by atoms with Crippen LogP contribution in [0.25, 0.3) is 17.4 Å². The van der Waals surface area contributed by atoms with Gasteiger partial charge in [-0.15, -0.1) is 0 Å². The van der Waals surface area contributed by atoms with Crippen molar-refractivity contribution in [3.63, 3.8) is 0 Å². The Morgan fingerprint density at radius 2 is 1.72 bits per heavy atom. The number of furan rings is 1. The van der Waals surface area contributed by atoms with Crippen LogP contribution in [0, 0.1) is 13.8 Å². The predicted octanol–water partition coefficient (Wildman–Crippen LogP) is 5.45. The third-order valence-electron chi connectivity index (χ3n) is 7.34. The molecule has 5 aromatic rings. The molecule has 2 aromatic heterocycles. The summed E-state index contributed by atoms with van der Waals surface area (Å²) >= 11 is 1.22. The summed E-state index contributed by atoms with van der Waals surface area (Å²) in [6, 6.07) is 24.6. The zero-order valence-electron chi connectivity index (χ0n) is 23.6. The molecule has 43 heavy (non-hydrogen) atoms. The van der Waals surface area contributed by atoms with Gasteiger partial charge >= 0.3 is 5.97 Å². The van der Waals surface area contributed by atoms with Gasteiger partial charge in [0.2, 0.25) is 0 Å². The number of carboxylic acid groups (broad SMARTS) is 1. The molecule has 6 rings (SSSR count). The minimum atomic E-state index is -1.02. The molecule has 2 N–H and O–H groups in total. The Morgan fingerprint density at radius 1 is 0.977 bits per heavy atom. The van der Waals surface area contributed by atoms with Crippen LogP contribution in [0.15, 0.2) is 110 Å². The number of para-hydroxylation sites is 1. The van der Waals surface area contributed by atoms with E-state index >= 15 is 0 Å². The number of aromatic carboxylic acids is 1. The first kappa shape index (κ1) is 27.9. The molecule has 1 aliphatic heterocycles. The number of carboxylic acids is 1. The second-order valence-electron chi connectivity index (χ2n) is 10.3. The topological polar surface area (TPSA) is 114 Å². The van der Waals surface area contributed by atoms with Gasteiger partial charge < -0.3 is 14.8 Å². The lowest BCUT2D eigenvalue weighted by Gasteiger charge is -2.25. The average Bonchev–Trinajstić information content (AvgIpc) is 3.57. The van der Waals surface area contributed by atoms with E-state index in [1.54, 1.807) is 60.0 Å². The van der Waals surface area contributed by atoms with Gasteiger partial charge in [0.15, 0.2) is 4.80 Å². The highest BCUT2D eigenvalue weighted by atomic mass is 32.1. The molecule has 0 bridgehead atoms. The van der Waals surface area contributed by atoms with Crippen LogP contribution in [0.2, 0.25) is 0 Å². The number of fused-ring (bicyclic) bond motifs is 1. The largest absolute Gasteiger partial charge is 0.478 e. The standard InChI is InChI=1S/C34H27N3O5S/c1-19-9-12-22(13-10-19)30-29(31(38)36-24-7-5-4-6-8-24)21(3)35-34-37(30)32(39)28(43-34)18-25-15-16-27(42-25)26-17-23(33(40)41)14-11-20(26)2/h4-18,30H,1-3H3,(H,36,38)(H,40,41)/b28-18-/t30-/m1/s1. The number of benzene rings is 3. The molecule has 3 heterocycles. The molecule has 1 atom stereocenters. The third-order valence-corrected chi connectivity index (χ3v) is 8.32. The summed E-state index contributed by atoms with van der Waals surface area (Å²) in [5.41, 5.74) is 4.79. The molecule has 0 spiro atoms. The molecule has 0 saturated carbocycles. The van der Waals surface area contributed by atoms with Gasteiger partial charge in [-0.3, -0.25) is 14.2 Å².